The third kappa shape index (κ3) is 4.69. The van der Waals surface area contributed by atoms with E-state index in [4.69, 9.17) is 15.0 Å². The van der Waals surface area contributed by atoms with Crippen LogP contribution in [0, 0.1) is 0 Å². The van der Waals surface area contributed by atoms with Crippen LogP contribution in [0.4, 0.5) is 0 Å². The molecule has 8 aromatic carbocycles. The van der Waals surface area contributed by atoms with Crippen LogP contribution >= 0.6 is 0 Å². The Morgan fingerprint density at radius 1 is 0.306 bits per heavy atom. The van der Waals surface area contributed by atoms with Crippen LogP contribution in [-0.4, -0.2) is 29.5 Å². The van der Waals surface area contributed by atoms with E-state index in [0.29, 0.717) is 17.5 Å². The summed E-state index contributed by atoms with van der Waals surface area (Å²) in [5, 5.41) is 10.0. The van der Waals surface area contributed by atoms with Gasteiger partial charge in [-0.25, -0.2) is 0 Å². The van der Waals surface area contributed by atoms with E-state index in [-0.39, 0.29) is 14.5 Å². The molecular weight excluding hydrogens is 661 g/mol. The van der Waals surface area contributed by atoms with Crippen molar-refractivity contribution in [3.8, 4) is 45.3 Å². The molecule has 4 heteroatoms. The molecule has 0 radical (unpaired) electrons. The average Bonchev–Trinajstić information content (AvgIpc) is 3.57. The number of hydrogen-bond donors (Lipinski definition) is 0. The molecular formula is C45H27N3Se. The van der Waals surface area contributed by atoms with Crippen LogP contribution in [0.15, 0.2) is 164 Å². The summed E-state index contributed by atoms with van der Waals surface area (Å²) >= 11 is 0.162. The van der Waals surface area contributed by atoms with Crippen LogP contribution in [-0.2, 0) is 0 Å². The van der Waals surface area contributed by atoms with Gasteiger partial charge in [0.1, 0.15) is 0 Å². The van der Waals surface area contributed by atoms with Crippen molar-refractivity contribution < 1.29 is 0 Å². The number of rotatable bonds is 4. The van der Waals surface area contributed by atoms with Crippen LogP contribution < -0.4 is 0 Å². The van der Waals surface area contributed by atoms with Gasteiger partial charge in [0, 0.05) is 0 Å². The van der Waals surface area contributed by atoms with Crippen molar-refractivity contribution in [2.75, 3.05) is 0 Å². The predicted octanol–water partition coefficient (Wildman–Crippen LogP) is 11.4. The van der Waals surface area contributed by atoms with Gasteiger partial charge in [-0.1, -0.05) is 12.1 Å². The molecule has 49 heavy (non-hydrogen) atoms. The van der Waals surface area contributed by atoms with E-state index in [1.165, 1.54) is 57.2 Å². The molecule has 0 saturated carbocycles. The Morgan fingerprint density at radius 3 is 1.51 bits per heavy atom. The van der Waals surface area contributed by atoms with E-state index in [1.807, 2.05) is 6.07 Å². The zero-order valence-corrected chi connectivity index (χ0v) is 28.1. The average molecular weight is 689 g/mol. The summed E-state index contributed by atoms with van der Waals surface area (Å²) in [7, 11) is 0. The third-order valence-corrected chi connectivity index (χ3v) is 12.1. The first-order chi connectivity index (χ1) is 24.3. The van der Waals surface area contributed by atoms with Gasteiger partial charge in [-0.2, -0.15) is 0 Å². The van der Waals surface area contributed by atoms with Crippen molar-refractivity contribution in [1.82, 2.24) is 15.0 Å². The molecule has 0 N–H and O–H groups in total. The molecule has 0 spiro atoms. The van der Waals surface area contributed by atoms with Crippen molar-refractivity contribution in [2.45, 2.75) is 0 Å². The van der Waals surface area contributed by atoms with Crippen LogP contribution in [0.5, 0.6) is 0 Å². The van der Waals surface area contributed by atoms with Crippen molar-refractivity contribution in [1.29, 1.82) is 0 Å². The van der Waals surface area contributed by atoms with Gasteiger partial charge in [-0.15, -0.1) is 0 Å². The fourth-order valence-corrected chi connectivity index (χ4v) is 9.71. The summed E-state index contributed by atoms with van der Waals surface area (Å²) in [4.78, 5) is 15.6. The van der Waals surface area contributed by atoms with Gasteiger partial charge in [0.05, 0.1) is 0 Å². The Bertz CT molecular complexity index is 2840. The minimum atomic E-state index is 0.162. The van der Waals surface area contributed by atoms with Crippen LogP contribution in [0.1, 0.15) is 0 Å². The predicted molar refractivity (Wildman–Crippen MR) is 206 cm³/mol. The van der Waals surface area contributed by atoms with Crippen LogP contribution in [0.25, 0.3) is 96.9 Å². The van der Waals surface area contributed by atoms with Gasteiger partial charge in [0.2, 0.25) is 0 Å². The first-order valence-corrected chi connectivity index (χ1v) is 18.2. The Hall–Kier alpha value is -5.93. The van der Waals surface area contributed by atoms with Gasteiger partial charge in [-0.3, -0.25) is 0 Å². The molecule has 228 valence electrons. The normalized spacial score (nSPS) is 11.7. The van der Waals surface area contributed by atoms with Gasteiger partial charge in [0.15, 0.2) is 0 Å². The van der Waals surface area contributed by atoms with E-state index in [1.54, 1.807) is 0 Å². The molecule has 10 rings (SSSR count). The summed E-state index contributed by atoms with van der Waals surface area (Å²) in [6.45, 7) is 0. The third-order valence-electron chi connectivity index (χ3n) is 9.53. The van der Waals surface area contributed by atoms with Gasteiger partial charge in [-0.05, 0) is 0 Å². The van der Waals surface area contributed by atoms with E-state index >= 15 is 0 Å². The van der Waals surface area contributed by atoms with Crippen LogP contribution in [0.2, 0.25) is 0 Å². The first kappa shape index (κ1) is 28.1. The van der Waals surface area contributed by atoms with E-state index in [2.05, 4.69) is 158 Å². The molecule has 2 aromatic heterocycles. The Morgan fingerprint density at radius 2 is 0.796 bits per heavy atom. The van der Waals surface area contributed by atoms with Crippen molar-refractivity contribution in [2.24, 2.45) is 0 Å². The molecule has 0 bridgehead atoms. The van der Waals surface area contributed by atoms with E-state index in [9.17, 15) is 0 Å². The first-order valence-electron chi connectivity index (χ1n) is 16.4. The molecule has 0 atom stereocenters. The maximum atomic E-state index is 5.24. The Kier molecular flexibility index (Phi) is 6.51. The molecule has 0 unspecified atom stereocenters. The van der Waals surface area contributed by atoms with Crippen molar-refractivity contribution in [3.05, 3.63) is 164 Å². The zero-order valence-electron chi connectivity index (χ0n) is 26.3. The second-order valence-corrected chi connectivity index (χ2v) is 14.6. The molecule has 0 aliphatic heterocycles. The molecule has 0 aliphatic rings. The van der Waals surface area contributed by atoms with E-state index in [0.717, 1.165) is 22.3 Å². The van der Waals surface area contributed by atoms with Gasteiger partial charge >= 0.3 is 278 Å². The maximum absolute atomic E-state index is 5.24. The topological polar surface area (TPSA) is 38.7 Å². The molecule has 0 fully saturated rings. The number of fused-ring (bicyclic) bond motifs is 9. The summed E-state index contributed by atoms with van der Waals surface area (Å²) in [6, 6.07) is 58.3. The van der Waals surface area contributed by atoms with E-state index < -0.39 is 0 Å². The van der Waals surface area contributed by atoms with Crippen LogP contribution in [0.3, 0.4) is 0 Å². The number of benzene rings is 8. The molecule has 10 aromatic rings. The molecule has 0 saturated heterocycles. The van der Waals surface area contributed by atoms with Gasteiger partial charge in [0.25, 0.3) is 0 Å². The minimum absolute atomic E-state index is 0.162. The zero-order chi connectivity index (χ0) is 32.3. The molecule has 0 aliphatic carbocycles. The van der Waals surface area contributed by atoms with Crippen molar-refractivity contribution in [3.63, 3.8) is 0 Å². The quantitative estimate of drug-likeness (QED) is 0.136. The Balaban J connectivity index is 1.21. The van der Waals surface area contributed by atoms with Gasteiger partial charge < -0.3 is 0 Å². The fourth-order valence-electron chi connectivity index (χ4n) is 7.17. The summed E-state index contributed by atoms with van der Waals surface area (Å²) in [6.07, 6.45) is 0. The summed E-state index contributed by atoms with van der Waals surface area (Å²) in [5.74, 6) is 2.05. The standard InChI is InChI=1S/C45H27N3Se/c1-2-11-28(12-3-1)29-21-23-30(24-22-29)43-46-44(48-45(47-43)39-19-10-18-38-37-17-8-9-20-41(37)49-42(38)39)31-25-26-36-34-15-5-4-13-32(34)33-14-6-7-16-35(33)40(36)27-31/h1-27H. The second kappa shape index (κ2) is 11.3. The second-order valence-electron chi connectivity index (χ2n) is 12.4. The number of aromatic nitrogens is 3. The number of hydrogen-bond acceptors (Lipinski definition) is 3. The Labute approximate surface area is 288 Å². The molecule has 2 heterocycles. The summed E-state index contributed by atoms with van der Waals surface area (Å²) in [5.41, 5.74) is 5.36. The monoisotopic (exact) mass is 689 g/mol. The van der Waals surface area contributed by atoms with Crippen molar-refractivity contribution >= 4 is 66.1 Å². The summed E-state index contributed by atoms with van der Waals surface area (Å²) < 4.78 is 2.73. The number of nitrogens with zero attached hydrogens (tertiary/aromatic N) is 3. The SMILES string of the molecule is c1ccc(-c2ccc(-c3nc(-c4ccc5c6ccccc6c6ccccc6c5c4)nc(-c4cccc5c4[se]c4ccccc45)n3)cc2)cc1. The fraction of sp³-hybridized carbons (Fsp3) is 0. The molecule has 3 nitrogen and oxygen atoms in total. The molecule has 0 amide bonds.